The van der Waals surface area contributed by atoms with Gasteiger partial charge in [-0.2, -0.15) is 0 Å². The van der Waals surface area contributed by atoms with E-state index in [1.165, 1.54) is 0 Å². The van der Waals surface area contributed by atoms with Crippen molar-refractivity contribution < 1.29 is 9.57 Å². The molecule has 0 fully saturated rings. The SMILES string of the molecule is CCC(C)ON=Cc1ccccc1OC. The molecular weight excluding hydrogens is 190 g/mol. The van der Waals surface area contributed by atoms with Crippen LogP contribution < -0.4 is 4.74 Å². The van der Waals surface area contributed by atoms with E-state index in [1.807, 2.05) is 31.2 Å². The highest BCUT2D eigenvalue weighted by atomic mass is 16.6. The summed E-state index contributed by atoms with van der Waals surface area (Å²) in [6, 6.07) is 7.69. The molecule has 0 aliphatic rings. The van der Waals surface area contributed by atoms with Gasteiger partial charge in [-0.1, -0.05) is 24.2 Å². The lowest BCUT2D eigenvalue weighted by Gasteiger charge is -2.06. The van der Waals surface area contributed by atoms with E-state index in [0.717, 1.165) is 17.7 Å². The molecule has 0 aromatic heterocycles. The Morgan fingerprint density at radius 3 is 2.80 bits per heavy atom. The van der Waals surface area contributed by atoms with Gasteiger partial charge in [-0.05, 0) is 25.5 Å². The monoisotopic (exact) mass is 207 g/mol. The van der Waals surface area contributed by atoms with E-state index in [9.17, 15) is 0 Å². The van der Waals surface area contributed by atoms with Crippen LogP contribution in [-0.2, 0) is 4.84 Å². The summed E-state index contributed by atoms with van der Waals surface area (Å²) < 4.78 is 5.18. The summed E-state index contributed by atoms with van der Waals surface area (Å²) in [6.45, 7) is 4.04. The fourth-order valence-corrected chi connectivity index (χ4v) is 1.04. The molecule has 0 saturated carbocycles. The summed E-state index contributed by atoms with van der Waals surface area (Å²) in [7, 11) is 1.64. The van der Waals surface area contributed by atoms with Crippen LogP contribution in [0.1, 0.15) is 25.8 Å². The molecule has 0 saturated heterocycles. The average Bonchev–Trinajstić information content (AvgIpc) is 2.29. The molecule has 1 rings (SSSR count). The van der Waals surface area contributed by atoms with E-state index in [0.29, 0.717) is 0 Å². The molecule has 3 heteroatoms. The second-order valence-corrected chi connectivity index (χ2v) is 3.30. The van der Waals surface area contributed by atoms with E-state index in [-0.39, 0.29) is 6.10 Å². The van der Waals surface area contributed by atoms with Gasteiger partial charge < -0.3 is 9.57 Å². The standard InChI is InChI=1S/C12H17NO2/c1-4-10(2)15-13-9-11-7-5-6-8-12(11)14-3/h5-10H,4H2,1-3H3. The molecule has 1 aromatic carbocycles. The first-order chi connectivity index (χ1) is 7.27. The van der Waals surface area contributed by atoms with Crippen molar-refractivity contribution >= 4 is 6.21 Å². The molecular formula is C12H17NO2. The van der Waals surface area contributed by atoms with Crippen LogP contribution in [0.4, 0.5) is 0 Å². The van der Waals surface area contributed by atoms with Gasteiger partial charge in [0.15, 0.2) is 0 Å². The molecule has 0 radical (unpaired) electrons. The second kappa shape index (κ2) is 6.06. The smallest absolute Gasteiger partial charge is 0.127 e. The zero-order valence-electron chi connectivity index (χ0n) is 9.43. The van der Waals surface area contributed by atoms with Crippen molar-refractivity contribution in [1.82, 2.24) is 0 Å². The zero-order valence-corrected chi connectivity index (χ0v) is 9.43. The summed E-state index contributed by atoms with van der Waals surface area (Å²) in [6.07, 6.45) is 2.77. The lowest BCUT2D eigenvalue weighted by molar-refractivity contribution is 0.0712. The lowest BCUT2D eigenvalue weighted by atomic mass is 10.2. The first-order valence-corrected chi connectivity index (χ1v) is 5.10. The minimum absolute atomic E-state index is 0.149. The van der Waals surface area contributed by atoms with Gasteiger partial charge in [0, 0.05) is 5.56 Å². The van der Waals surface area contributed by atoms with Crippen LogP contribution in [0.3, 0.4) is 0 Å². The third-order valence-electron chi connectivity index (χ3n) is 2.15. The summed E-state index contributed by atoms with van der Waals surface area (Å²) in [4.78, 5) is 5.21. The summed E-state index contributed by atoms with van der Waals surface area (Å²) in [5.41, 5.74) is 0.920. The number of rotatable bonds is 5. The Kier molecular flexibility index (Phi) is 4.68. The fourth-order valence-electron chi connectivity index (χ4n) is 1.04. The predicted molar refractivity (Wildman–Crippen MR) is 61.4 cm³/mol. The number of ether oxygens (including phenoxy) is 1. The van der Waals surface area contributed by atoms with Crippen molar-refractivity contribution in [2.75, 3.05) is 7.11 Å². The molecule has 0 aliphatic carbocycles. The molecule has 1 atom stereocenters. The highest BCUT2D eigenvalue weighted by Crippen LogP contribution is 2.14. The summed E-state index contributed by atoms with van der Waals surface area (Å²) in [5.74, 6) is 0.800. The van der Waals surface area contributed by atoms with E-state index < -0.39 is 0 Å². The number of oxime groups is 1. The zero-order chi connectivity index (χ0) is 11.1. The molecule has 0 aliphatic heterocycles. The average molecular weight is 207 g/mol. The van der Waals surface area contributed by atoms with Gasteiger partial charge in [0.2, 0.25) is 0 Å². The van der Waals surface area contributed by atoms with Crippen LogP contribution in [0.2, 0.25) is 0 Å². The summed E-state index contributed by atoms with van der Waals surface area (Å²) in [5, 5.41) is 3.92. The normalized spacial score (nSPS) is 12.7. The Balaban J connectivity index is 2.63. The topological polar surface area (TPSA) is 30.8 Å². The summed E-state index contributed by atoms with van der Waals surface area (Å²) >= 11 is 0. The van der Waals surface area contributed by atoms with Crippen LogP contribution in [0.15, 0.2) is 29.4 Å². The largest absolute Gasteiger partial charge is 0.496 e. The van der Waals surface area contributed by atoms with Crippen molar-refractivity contribution in [3.8, 4) is 5.75 Å². The molecule has 0 heterocycles. The van der Waals surface area contributed by atoms with E-state index in [4.69, 9.17) is 9.57 Å². The van der Waals surface area contributed by atoms with E-state index >= 15 is 0 Å². The Morgan fingerprint density at radius 2 is 2.13 bits per heavy atom. The van der Waals surface area contributed by atoms with Gasteiger partial charge >= 0.3 is 0 Å². The van der Waals surface area contributed by atoms with Gasteiger partial charge in [0.1, 0.15) is 11.9 Å². The molecule has 0 amide bonds. The van der Waals surface area contributed by atoms with Crippen LogP contribution in [0.5, 0.6) is 5.75 Å². The number of methoxy groups -OCH3 is 1. The Labute approximate surface area is 90.7 Å². The Bertz CT molecular complexity index is 323. The van der Waals surface area contributed by atoms with Gasteiger partial charge in [-0.3, -0.25) is 0 Å². The van der Waals surface area contributed by atoms with Crippen molar-refractivity contribution in [1.29, 1.82) is 0 Å². The first-order valence-electron chi connectivity index (χ1n) is 5.10. The third-order valence-corrected chi connectivity index (χ3v) is 2.15. The lowest BCUT2D eigenvalue weighted by Crippen LogP contribution is -2.01. The van der Waals surface area contributed by atoms with Crippen molar-refractivity contribution in [2.24, 2.45) is 5.16 Å². The number of hydrogen-bond donors (Lipinski definition) is 0. The molecule has 1 aromatic rings. The van der Waals surface area contributed by atoms with E-state index in [1.54, 1.807) is 13.3 Å². The van der Waals surface area contributed by atoms with Crippen molar-refractivity contribution in [2.45, 2.75) is 26.4 Å². The number of hydrogen-bond acceptors (Lipinski definition) is 3. The van der Waals surface area contributed by atoms with Gasteiger partial charge in [0.05, 0.1) is 13.3 Å². The van der Waals surface area contributed by atoms with Crippen LogP contribution in [-0.4, -0.2) is 19.4 Å². The van der Waals surface area contributed by atoms with Crippen LogP contribution in [0, 0.1) is 0 Å². The molecule has 0 spiro atoms. The maximum absolute atomic E-state index is 5.21. The van der Waals surface area contributed by atoms with Crippen molar-refractivity contribution in [3.05, 3.63) is 29.8 Å². The highest BCUT2D eigenvalue weighted by molar-refractivity contribution is 5.82. The Morgan fingerprint density at radius 1 is 1.40 bits per heavy atom. The minimum Gasteiger partial charge on any atom is -0.496 e. The molecule has 1 unspecified atom stereocenters. The third kappa shape index (κ3) is 3.62. The number of nitrogens with zero attached hydrogens (tertiary/aromatic N) is 1. The quantitative estimate of drug-likeness (QED) is 0.549. The molecule has 15 heavy (non-hydrogen) atoms. The maximum Gasteiger partial charge on any atom is 0.127 e. The fraction of sp³-hybridized carbons (Fsp3) is 0.417. The number of para-hydroxylation sites is 1. The Hall–Kier alpha value is -1.51. The molecule has 3 nitrogen and oxygen atoms in total. The van der Waals surface area contributed by atoms with Gasteiger partial charge in [0.25, 0.3) is 0 Å². The highest BCUT2D eigenvalue weighted by Gasteiger charge is 1.99. The number of benzene rings is 1. The van der Waals surface area contributed by atoms with Crippen LogP contribution in [0.25, 0.3) is 0 Å². The maximum atomic E-state index is 5.21. The van der Waals surface area contributed by atoms with Gasteiger partial charge in [-0.25, -0.2) is 0 Å². The van der Waals surface area contributed by atoms with E-state index in [2.05, 4.69) is 12.1 Å². The first kappa shape index (κ1) is 11.6. The van der Waals surface area contributed by atoms with Gasteiger partial charge in [-0.15, -0.1) is 0 Å². The second-order valence-electron chi connectivity index (χ2n) is 3.30. The predicted octanol–water partition coefficient (Wildman–Crippen LogP) is 2.84. The van der Waals surface area contributed by atoms with Crippen LogP contribution >= 0.6 is 0 Å². The molecule has 0 N–H and O–H groups in total. The van der Waals surface area contributed by atoms with Crippen molar-refractivity contribution in [3.63, 3.8) is 0 Å². The molecule has 82 valence electrons. The molecule has 0 bridgehead atoms. The minimum atomic E-state index is 0.149.